The summed E-state index contributed by atoms with van der Waals surface area (Å²) in [7, 11) is 4.19. The van der Waals surface area contributed by atoms with Crippen molar-refractivity contribution in [3.05, 3.63) is 29.8 Å². The van der Waals surface area contributed by atoms with Gasteiger partial charge in [-0.25, -0.2) is 0 Å². The van der Waals surface area contributed by atoms with Crippen LogP contribution in [0, 0.1) is 5.92 Å². The first kappa shape index (κ1) is 14.9. The minimum atomic E-state index is 0.120. The summed E-state index contributed by atoms with van der Waals surface area (Å²) in [6.07, 6.45) is 2.44. The molecule has 0 bridgehead atoms. The average Bonchev–Trinajstić information content (AvgIpc) is 2.41. The van der Waals surface area contributed by atoms with Crippen molar-refractivity contribution in [3.63, 3.8) is 0 Å². The van der Waals surface area contributed by atoms with Gasteiger partial charge in [0.1, 0.15) is 5.75 Å². The molecule has 0 aromatic heterocycles. The van der Waals surface area contributed by atoms with E-state index in [9.17, 15) is 9.90 Å². The number of benzene rings is 1. The SMILES string of the molecule is CN(C)CC1CCN(C(=O)Cc2ccccc2O)CC1. The van der Waals surface area contributed by atoms with Crippen LogP contribution in [0.3, 0.4) is 0 Å². The lowest BCUT2D eigenvalue weighted by Crippen LogP contribution is -2.41. The van der Waals surface area contributed by atoms with Gasteiger partial charge in [-0.2, -0.15) is 0 Å². The molecule has 0 saturated carbocycles. The van der Waals surface area contributed by atoms with Crippen molar-refractivity contribution in [2.45, 2.75) is 19.3 Å². The van der Waals surface area contributed by atoms with Crippen LogP contribution < -0.4 is 0 Å². The number of carbonyl (C=O) groups excluding carboxylic acids is 1. The first-order chi connectivity index (χ1) is 9.56. The zero-order valence-electron chi connectivity index (χ0n) is 12.4. The number of aromatic hydroxyl groups is 1. The molecule has 0 spiro atoms. The second kappa shape index (κ2) is 6.75. The molecule has 1 fully saturated rings. The summed E-state index contributed by atoms with van der Waals surface area (Å²) in [5.41, 5.74) is 0.716. The summed E-state index contributed by atoms with van der Waals surface area (Å²) < 4.78 is 0. The normalized spacial score (nSPS) is 16.6. The molecule has 2 rings (SSSR count). The topological polar surface area (TPSA) is 43.8 Å². The first-order valence-corrected chi connectivity index (χ1v) is 7.25. The van der Waals surface area contributed by atoms with Gasteiger partial charge >= 0.3 is 0 Å². The molecule has 20 heavy (non-hydrogen) atoms. The summed E-state index contributed by atoms with van der Waals surface area (Å²) in [6.45, 7) is 2.78. The molecular weight excluding hydrogens is 252 g/mol. The highest BCUT2D eigenvalue weighted by molar-refractivity contribution is 5.79. The van der Waals surface area contributed by atoms with Crippen LogP contribution in [0.15, 0.2) is 24.3 Å². The Bertz CT molecular complexity index is 452. The molecule has 1 N–H and O–H groups in total. The first-order valence-electron chi connectivity index (χ1n) is 7.25. The highest BCUT2D eigenvalue weighted by Crippen LogP contribution is 2.21. The van der Waals surface area contributed by atoms with E-state index in [2.05, 4.69) is 19.0 Å². The molecule has 4 heteroatoms. The van der Waals surface area contributed by atoms with Gasteiger partial charge in [0.15, 0.2) is 0 Å². The molecule has 110 valence electrons. The zero-order chi connectivity index (χ0) is 14.5. The van der Waals surface area contributed by atoms with E-state index in [4.69, 9.17) is 0 Å². The van der Waals surface area contributed by atoms with E-state index in [1.165, 1.54) is 0 Å². The molecular formula is C16H24N2O2. The quantitative estimate of drug-likeness (QED) is 0.911. The summed E-state index contributed by atoms with van der Waals surface area (Å²) in [5, 5.41) is 9.72. The lowest BCUT2D eigenvalue weighted by Gasteiger charge is -2.33. The van der Waals surface area contributed by atoms with Crippen molar-refractivity contribution in [2.75, 3.05) is 33.7 Å². The number of amides is 1. The molecule has 1 aliphatic rings. The number of carbonyl (C=O) groups is 1. The summed E-state index contributed by atoms with van der Waals surface area (Å²) in [6, 6.07) is 7.07. The predicted octanol–water partition coefficient (Wildman–Crippen LogP) is 1.73. The summed E-state index contributed by atoms with van der Waals surface area (Å²) in [5.74, 6) is 1.03. The van der Waals surface area contributed by atoms with Crippen LogP contribution in [-0.4, -0.2) is 54.5 Å². The molecule has 1 amide bonds. The molecule has 4 nitrogen and oxygen atoms in total. The Morgan fingerprint density at radius 3 is 2.55 bits per heavy atom. The van der Waals surface area contributed by atoms with E-state index in [0.29, 0.717) is 17.9 Å². The zero-order valence-corrected chi connectivity index (χ0v) is 12.4. The fourth-order valence-electron chi connectivity index (χ4n) is 2.82. The number of para-hydroxylation sites is 1. The average molecular weight is 276 g/mol. The molecule has 1 aromatic carbocycles. The van der Waals surface area contributed by atoms with E-state index in [-0.39, 0.29) is 11.7 Å². The molecule has 0 radical (unpaired) electrons. The number of piperidine rings is 1. The molecule has 1 aromatic rings. The minimum absolute atomic E-state index is 0.120. The maximum absolute atomic E-state index is 12.3. The van der Waals surface area contributed by atoms with Crippen LogP contribution in [0.4, 0.5) is 0 Å². The lowest BCUT2D eigenvalue weighted by molar-refractivity contribution is -0.131. The third kappa shape index (κ3) is 3.97. The molecule has 1 heterocycles. The molecule has 0 aliphatic carbocycles. The van der Waals surface area contributed by atoms with E-state index in [1.807, 2.05) is 17.0 Å². The smallest absolute Gasteiger partial charge is 0.227 e. The van der Waals surface area contributed by atoms with Crippen molar-refractivity contribution in [1.29, 1.82) is 0 Å². The van der Waals surface area contributed by atoms with E-state index >= 15 is 0 Å². The monoisotopic (exact) mass is 276 g/mol. The van der Waals surface area contributed by atoms with Gasteiger partial charge in [-0.15, -0.1) is 0 Å². The van der Waals surface area contributed by atoms with Crippen molar-refractivity contribution in [2.24, 2.45) is 5.92 Å². The lowest BCUT2D eigenvalue weighted by atomic mass is 9.96. The standard InChI is InChI=1S/C16H24N2O2/c1-17(2)12-13-7-9-18(10-8-13)16(20)11-14-5-3-4-6-15(14)19/h3-6,13,19H,7-12H2,1-2H3. The summed E-state index contributed by atoms with van der Waals surface area (Å²) >= 11 is 0. The highest BCUT2D eigenvalue weighted by Gasteiger charge is 2.23. The Kier molecular flexibility index (Phi) is 5.01. The van der Waals surface area contributed by atoms with Crippen LogP contribution >= 0.6 is 0 Å². The van der Waals surface area contributed by atoms with Gasteiger partial charge < -0.3 is 14.9 Å². The maximum atomic E-state index is 12.3. The van der Waals surface area contributed by atoms with E-state index in [0.717, 1.165) is 32.5 Å². The number of phenols is 1. The van der Waals surface area contributed by atoms with Gasteiger partial charge in [-0.05, 0) is 38.9 Å². The fraction of sp³-hybridized carbons (Fsp3) is 0.562. The molecule has 1 aliphatic heterocycles. The molecule has 0 unspecified atom stereocenters. The Balaban J connectivity index is 1.85. The van der Waals surface area contributed by atoms with Gasteiger partial charge in [0.25, 0.3) is 0 Å². The van der Waals surface area contributed by atoms with Crippen LogP contribution in [0.25, 0.3) is 0 Å². The van der Waals surface area contributed by atoms with Gasteiger partial charge in [0.05, 0.1) is 6.42 Å². The maximum Gasteiger partial charge on any atom is 0.227 e. The van der Waals surface area contributed by atoms with E-state index in [1.54, 1.807) is 12.1 Å². The van der Waals surface area contributed by atoms with Crippen LogP contribution in [-0.2, 0) is 11.2 Å². The van der Waals surface area contributed by atoms with Gasteiger partial charge in [0.2, 0.25) is 5.91 Å². The summed E-state index contributed by atoms with van der Waals surface area (Å²) in [4.78, 5) is 16.4. The Hall–Kier alpha value is -1.55. The van der Waals surface area contributed by atoms with Gasteiger partial charge in [-0.1, -0.05) is 18.2 Å². The van der Waals surface area contributed by atoms with Crippen molar-refractivity contribution in [3.8, 4) is 5.75 Å². The predicted molar refractivity (Wildman–Crippen MR) is 79.7 cm³/mol. The number of hydrogen-bond donors (Lipinski definition) is 1. The Morgan fingerprint density at radius 1 is 1.30 bits per heavy atom. The van der Waals surface area contributed by atoms with Crippen LogP contribution in [0.2, 0.25) is 0 Å². The number of likely N-dealkylation sites (tertiary alicyclic amines) is 1. The van der Waals surface area contributed by atoms with Gasteiger partial charge in [-0.3, -0.25) is 4.79 Å². The molecule has 0 atom stereocenters. The third-order valence-electron chi connectivity index (χ3n) is 3.92. The van der Waals surface area contributed by atoms with E-state index < -0.39 is 0 Å². The van der Waals surface area contributed by atoms with Gasteiger partial charge in [0, 0.05) is 25.2 Å². The second-order valence-corrected chi connectivity index (χ2v) is 5.89. The third-order valence-corrected chi connectivity index (χ3v) is 3.92. The molecule has 1 saturated heterocycles. The number of nitrogens with zero attached hydrogens (tertiary/aromatic N) is 2. The Morgan fingerprint density at radius 2 is 1.95 bits per heavy atom. The number of phenolic OH excluding ortho intramolecular Hbond substituents is 1. The highest BCUT2D eigenvalue weighted by atomic mass is 16.3. The number of rotatable bonds is 4. The largest absolute Gasteiger partial charge is 0.508 e. The van der Waals surface area contributed by atoms with Crippen molar-refractivity contribution >= 4 is 5.91 Å². The fourth-order valence-corrected chi connectivity index (χ4v) is 2.82. The minimum Gasteiger partial charge on any atom is -0.508 e. The Labute approximate surface area is 121 Å². The number of hydrogen-bond acceptors (Lipinski definition) is 3. The van der Waals surface area contributed by atoms with Crippen LogP contribution in [0.1, 0.15) is 18.4 Å². The second-order valence-electron chi connectivity index (χ2n) is 5.89. The van der Waals surface area contributed by atoms with Crippen molar-refractivity contribution in [1.82, 2.24) is 9.80 Å². The van der Waals surface area contributed by atoms with Crippen LogP contribution in [0.5, 0.6) is 5.75 Å². The van der Waals surface area contributed by atoms with Crippen molar-refractivity contribution < 1.29 is 9.90 Å².